The van der Waals surface area contributed by atoms with Crippen LogP contribution in [0.25, 0.3) is 0 Å². The maximum absolute atomic E-state index is 12.5. The highest BCUT2D eigenvalue weighted by atomic mass is 16.3. The summed E-state index contributed by atoms with van der Waals surface area (Å²) in [6.45, 7) is 7.14. The Hall–Kier alpha value is -2.55. The first-order valence-electron chi connectivity index (χ1n) is 11.7. The molecule has 3 heterocycles. The van der Waals surface area contributed by atoms with Crippen LogP contribution in [0.15, 0.2) is 36.7 Å². The van der Waals surface area contributed by atoms with E-state index in [-0.39, 0.29) is 11.9 Å². The number of hydrogen-bond acceptors (Lipinski definition) is 7. The van der Waals surface area contributed by atoms with Crippen LogP contribution < -0.4 is 10.6 Å². The molecule has 0 bridgehead atoms. The van der Waals surface area contributed by atoms with Crippen molar-refractivity contribution >= 4 is 11.7 Å². The van der Waals surface area contributed by atoms with E-state index in [2.05, 4.69) is 54.7 Å². The van der Waals surface area contributed by atoms with Crippen molar-refractivity contribution in [3.63, 3.8) is 0 Å². The normalized spacial score (nSPS) is 18.7. The maximum Gasteiger partial charge on any atom is 0.270 e. The topological polar surface area (TPSA) is 93.6 Å². The van der Waals surface area contributed by atoms with Gasteiger partial charge in [0, 0.05) is 51.4 Å². The third-order valence-corrected chi connectivity index (χ3v) is 6.46. The standard InChI is InChI=1S/C24H34N6O2/c1-18(31)30-13-8-21(9-14-30)28-23-15-22(26-17-27-23)24(32)25-10-4-11-29-12-7-19-5-2-3-6-20(19)16-29/h2-3,5-6,15,17-18,21,31H,4,7-14,16H2,1H3,(H,25,32)(H,26,27,28). The first-order valence-corrected chi connectivity index (χ1v) is 11.7. The van der Waals surface area contributed by atoms with Crippen molar-refractivity contribution < 1.29 is 9.90 Å². The van der Waals surface area contributed by atoms with Crippen molar-refractivity contribution in [2.45, 2.75) is 51.4 Å². The summed E-state index contributed by atoms with van der Waals surface area (Å²) >= 11 is 0. The van der Waals surface area contributed by atoms with Crippen LogP contribution >= 0.6 is 0 Å². The monoisotopic (exact) mass is 438 g/mol. The number of anilines is 1. The van der Waals surface area contributed by atoms with Crippen LogP contribution in [-0.2, 0) is 13.0 Å². The number of aliphatic hydroxyl groups is 1. The number of aliphatic hydroxyl groups excluding tert-OH is 1. The minimum Gasteiger partial charge on any atom is -0.379 e. The Labute approximate surface area is 190 Å². The van der Waals surface area contributed by atoms with Crippen LogP contribution in [0, 0.1) is 0 Å². The number of fused-ring (bicyclic) bond motifs is 1. The van der Waals surface area contributed by atoms with E-state index in [0.717, 1.165) is 58.4 Å². The number of rotatable bonds is 8. The van der Waals surface area contributed by atoms with Crippen LogP contribution in [0.3, 0.4) is 0 Å². The number of aromatic nitrogens is 2. The van der Waals surface area contributed by atoms with E-state index in [1.165, 1.54) is 17.5 Å². The van der Waals surface area contributed by atoms with Gasteiger partial charge in [-0.3, -0.25) is 14.6 Å². The van der Waals surface area contributed by atoms with Gasteiger partial charge in [-0.25, -0.2) is 9.97 Å². The number of likely N-dealkylation sites (tertiary alicyclic amines) is 1. The average Bonchev–Trinajstić information content (AvgIpc) is 2.82. The molecule has 8 heteroatoms. The molecule has 1 aromatic carbocycles. The lowest BCUT2D eigenvalue weighted by Crippen LogP contribution is -2.43. The van der Waals surface area contributed by atoms with E-state index in [4.69, 9.17) is 0 Å². The smallest absolute Gasteiger partial charge is 0.270 e. The highest BCUT2D eigenvalue weighted by Gasteiger charge is 2.22. The maximum atomic E-state index is 12.5. The molecule has 8 nitrogen and oxygen atoms in total. The van der Waals surface area contributed by atoms with Gasteiger partial charge in [0.05, 0.1) is 0 Å². The number of carbonyl (C=O) groups excluding carboxylic acids is 1. The van der Waals surface area contributed by atoms with Gasteiger partial charge in [0.2, 0.25) is 0 Å². The van der Waals surface area contributed by atoms with Crippen LogP contribution in [0.2, 0.25) is 0 Å². The second kappa shape index (κ2) is 10.8. The summed E-state index contributed by atoms with van der Waals surface area (Å²) in [5.74, 6) is 0.510. The lowest BCUT2D eigenvalue weighted by molar-refractivity contribution is 0.00476. The lowest BCUT2D eigenvalue weighted by Gasteiger charge is -2.34. The third-order valence-electron chi connectivity index (χ3n) is 6.46. The molecule has 1 unspecified atom stereocenters. The molecule has 1 atom stereocenters. The van der Waals surface area contributed by atoms with Crippen molar-refractivity contribution in [3.8, 4) is 0 Å². The van der Waals surface area contributed by atoms with Gasteiger partial charge >= 0.3 is 0 Å². The van der Waals surface area contributed by atoms with E-state index in [9.17, 15) is 9.90 Å². The molecule has 1 saturated heterocycles. The van der Waals surface area contributed by atoms with E-state index in [1.54, 1.807) is 13.0 Å². The third kappa shape index (κ3) is 6.03. The molecule has 2 aliphatic heterocycles. The Morgan fingerprint density at radius 3 is 2.75 bits per heavy atom. The van der Waals surface area contributed by atoms with Crippen LogP contribution in [0.4, 0.5) is 5.82 Å². The summed E-state index contributed by atoms with van der Waals surface area (Å²) in [7, 11) is 0. The van der Waals surface area contributed by atoms with E-state index >= 15 is 0 Å². The van der Waals surface area contributed by atoms with Crippen LogP contribution in [0.5, 0.6) is 0 Å². The number of carbonyl (C=O) groups is 1. The number of amides is 1. The van der Waals surface area contributed by atoms with Gasteiger partial charge in [0.1, 0.15) is 24.1 Å². The second-order valence-corrected chi connectivity index (χ2v) is 8.78. The number of piperidine rings is 1. The fraction of sp³-hybridized carbons (Fsp3) is 0.542. The van der Waals surface area contributed by atoms with Crippen molar-refractivity contribution in [1.82, 2.24) is 25.1 Å². The summed E-state index contributed by atoms with van der Waals surface area (Å²) in [6, 6.07) is 10.6. The number of nitrogens with one attached hydrogen (secondary N) is 2. The van der Waals surface area contributed by atoms with Gasteiger partial charge in [0.25, 0.3) is 5.91 Å². The van der Waals surface area contributed by atoms with Crippen molar-refractivity contribution in [1.29, 1.82) is 0 Å². The van der Waals surface area contributed by atoms with Gasteiger partial charge < -0.3 is 15.7 Å². The molecular formula is C24H34N6O2. The molecular weight excluding hydrogens is 404 g/mol. The van der Waals surface area contributed by atoms with Gasteiger partial charge in [-0.15, -0.1) is 0 Å². The van der Waals surface area contributed by atoms with E-state index < -0.39 is 6.23 Å². The quantitative estimate of drug-likeness (QED) is 0.542. The molecule has 1 fully saturated rings. The molecule has 0 aliphatic carbocycles. The number of hydrogen-bond donors (Lipinski definition) is 3. The highest BCUT2D eigenvalue weighted by molar-refractivity contribution is 5.92. The SMILES string of the molecule is CC(O)N1CCC(Nc2cc(C(=O)NCCCN3CCc4ccccc4C3)ncn2)CC1. The number of benzene rings is 1. The molecule has 0 radical (unpaired) electrons. The van der Waals surface area contributed by atoms with Gasteiger partial charge in [-0.05, 0) is 43.7 Å². The fourth-order valence-electron chi connectivity index (χ4n) is 4.53. The minimum atomic E-state index is -0.406. The van der Waals surface area contributed by atoms with Gasteiger partial charge in [-0.2, -0.15) is 0 Å². The molecule has 2 aromatic rings. The average molecular weight is 439 g/mol. The molecule has 1 aromatic heterocycles. The minimum absolute atomic E-state index is 0.164. The van der Waals surface area contributed by atoms with E-state index in [1.807, 2.05) is 0 Å². The van der Waals surface area contributed by atoms with Crippen molar-refractivity contribution in [2.75, 3.05) is 38.0 Å². The molecule has 0 spiro atoms. The van der Waals surface area contributed by atoms with Crippen molar-refractivity contribution in [3.05, 3.63) is 53.5 Å². The Morgan fingerprint density at radius 2 is 1.97 bits per heavy atom. The van der Waals surface area contributed by atoms with Crippen molar-refractivity contribution in [2.24, 2.45) is 0 Å². The molecule has 0 saturated carbocycles. The molecule has 2 aliphatic rings. The molecule has 3 N–H and O–H groups in total. The largest absolute Gasteiger partial charge is 0.379 e. The molecule has 172 valence electrons. The Morgan fingerprint density at radius 1 is 1.19 bits per heavy atom. The summed E-state index contributed by atoms with van der Waals surface area (Å²) < 4.78 is 0. The first kappa shape index (κ1) is 22.6. The zero-order chi connectivity index (χ0) is 22.3. The zero-order valence-electron chi connectivity index (χ0n) is 18.8. The Balaban J connectivity index is 1.19. The summed E-state index contributed by atoms with van der Waals surface area (Å²) in [4.78, 5) is 25.5. The lowest BCUT2D eigenvalue weighted by atomic mass is 10.00. The van der Waals surface area contributed by atoms with Crippen LogP contribution in [0.1, 0.15) is 47.8 Å². The molecule has 1 amide bonds. The predicted octanol–water partition coefficient (Wildman–Crippen LogP) is 1.87. The Kier molecular flexibility index (Phi) is 7.68. The van der Waals surface area contributed by atoms with Gasteiger partial charge in [-0.1, -0.05) is 24.3 Å². The first-order chi connectivity index (χ1) is 15.6. The zero-order valence-corrected chi connectivity index (χ0v) is 18.8. The predicted molar refractivity (Wildman–Crippen MR) is 124 cm³/mol. The molecule has 32 heavy (non-hydrogen) atoms. The molecule has 4 rings (SSSR count). The Bertz CT molecular complexity index is 898. The van der Waals surface area contributed by atoms with Gasteiger partial charge in [0.15, 0.2) is 0 Å². The second-order valence-electron chi connectivity index (χ2n) is 8.78. The highest BCUT2D eigenvalue weighted by Crippen LogP contribution is 2.19. The fourth-order valence-corrected chi connectivity index (χ4v) is 4.53. The summed E-state index contributed by atoms with van der Waals surface area (Å²) in [5, 5.41) is 16.1. The summed E-state index contributed by atoms with van der Waals surface area (Å²) in [6.07, 6.45) is 4.89. The van der Waals surface area contributed by atoms with Crippen LogP contribution in [-0.4, -0.2) is 75.8 Å². The summed E-state index contributed by atoms with van der Waals surface area (Å²) in [5.41, 5.74) is 3.26. The number of nitrogens with zero attached hydrogens (tertiary/aromatic N) is 4. The van der Waals surface area contributed by atoms with E-state index in [0.29, 0.717) is 18.1 Å².